The molecule has 142 valence electrons. The van der Waals surface area contributed by atoms with Crippen LogP contribution in [0.15, 0.2) is 55.0 Å². The third kappa shape index (κ3) is 4.75. The predicted octanol–water partition coefficient (Wildman–Crippen LogP) is 4.30. The van der Waals surface area contributed by atoms with Crippen molar-refractivity contribution in [3.63, 3.8) is 0 Å². The molecule has 3 aromatic rings. The molecule has 0 bridgehead atoms. The summed E-state index contributed by atoms with van der Waals surface area (Å²) in [6.45, 7) is 7.85. The molecule has 0 saturated heterocycles. The van der Waals surface area contributed by atoms with Gasteiger partial charge in [-0.05, 0) is 36.9 Å². The Kier molecular flexibility index (Phi) is 6.98. The average molecular weight is 384 g/mol. The van der Waals surface area contributed by atoms with Crippen LogP contribution < -0.4 is 5.32 Å². The summed E-state index contributed by atoms with van der Waals surface area (Å²) in [5, 5.41) is 11.7. The van der Waals surface area contributed by atoms with Crippen LogP contribution in [0.3, 0.4) is 0 Å². The lowest BCUT2D eigenvalue weighted by molar-refractivity contribution is 0.213. The Labute approximate surface area is 165 Å². The topological polar surface area (TPSA) is 56.8 Å². The Balaban J connectivity index is 1.72. The van der Waals surface area contributed by atoms with Gasteiger partial charge in [-0.3, -0.25) is 15.0 Å². The van der Waals surface area contributed by atoms with Gasteiger partial charge in [-0.1, -0.05) is 43.6 Å². The van der Waals surface area contributed by atoms with E-state index in [9.17, 15) is 0 Å². The van der Waals surface area contributed by atoms with Crippen molar-refractivity contribution in [2.45, 2.75) is 26.4 Å². The molecular formula is C21H26ClN5. The summed E-state index contributed by atoms with van der Waals surface area (Å²) in [5.74, 6) is 0. The van der Waals surface area contributed by atoms with Crippen molar-refractivity contribution in [3.05, 3.63) is 71.1 Å². The summed E-state index contributed by atoms with van der Waals surface area (Å²) in [5.41, 5.74) is 4.33. The minimum Gasteiger partial charge on any atom is -0.311 e. The van der Waals surface area contributed by atoms with Gasteiger partial charge in [0.2, 0.25) is 0 Å². The Morgan fingerprint density at radius 3 is 2.63 bits per heavy atom. The van der Waals surface area contributed by atoms with Crippen molar-refractivity contribution in [2.75, 3.05) is 19.6 Å². The normalized spacial score (nSPS) is 12.4. The van der Waals surface area contributed by atoms with Gasteiger partial charge in [0.15, 0.2) is 0 Å². The number of rotatable bonds is 9. The third-order valence-corrected chi connectivity index (χ3v) is 5.18. The molecule has 1 atom stereocenters. The third-order valence-electron chi connectivity index (χ3n) is 4.84. The molecule has 0 amide bonds. The van der Waals surface area contributed by atoms with Gasteiger partial charge in [-0.15, -0.1) is 0 Å². The van der Waals surface area contributed by atoms with Gasteiger partial charge in [0.1, 0.15) is 0 Å². The predicted molar refractivity (Wildman–Crippen MR) is 111 cm³/mol. The van der Waals surface area contributed by atoms with E-state index in [1.807, 2.05) is 42.7 Å². The molecule has 0 fully saturated rings. The standard InChI is InChI=1S/C21H26ClN5/c1-3-27(4-2)20(18-9-5-6-10-19(18)22)15-24-13-17-14-25-26-21(17)16-8-7-11-23-12-16/h5-12,14,20,24H,3-4,13,15H2,1-2H3,(H,25,26). The lowest BCUT2D eigenvalue weighted by atomic mass is 10.0. The molecule has 5 nitrogen and oxygen atoms in total. The fraction of sp³-hybridized carbons (Fsp3) is 0.333. The van der Waals surface area contributed by atoms with E-state index in [-0.39, 0.29) is 6.04 Å². The molecule has 2 N–H and O–H groups in total. The van der Waals surface area contributed by atoms with Crippen LogP contribution in [0.2, 0.25) is 5.02 Å². The first-order chi connectivity index (χ1) is 13.2. The molecule has 1 unspecified atom stereocenters. The Morgan fingerprint density at radius 2 is 1.93 bits per heavy atom. The Hall–Kier alpha value is -2.21. The van der Waals surface area contributed by atoms with E-state index in [1.165, 1.54) is 0 Å². The quantitative estimate of drug-likeness (QED) is 0.578. The largest absolute Gasteiger partial charge is 0.311 e. The highest BCUT2D eigenvalue weighted by atomic mass is 35.5. The van der Waals surface area contributed by atoms with E-state index >= 15 is 0 Å². The van der Waals surface area contributed by atoms with Crippen LogP contribution in [-0.2, 0) is 6.54 Å². The fourth-order valence-corrected chi connectivity index (χ4v) is 3.66. The number of hydrogen-bond acceptors (Lipinski definition) is 4. The smallest absolute Gasteiger partial charge is 0.0710 e. The van der Waals surface area contributed by atoms with E-state index in [0.717, 1.165) is 53.6 Å². The van der Waals surface area contributed by atoms with Crippen molar-refractivity contribution in [1.82, 2.24) is 25.4 Å². The van der Waals surface area contributed by atoms with Crippen LogP contribution in [0.5, 0.6) is 0 Å². The second-order valence-electron chi connectivity index (χ2n) is 6.40. The van der Waals surface area contributed by atoms with Gasteiger partial charge >= 0.3 is 0 Å². The van der Waals surface area contributed by atoms with Gasteiger partial charge in [0.05, 0.1) is 11.9 Å². The maximum Gasteiger partial charge on any atom is 0.0710 e. The molecule has 0 saturated carbocycles. The number of nitrogens with zero attached hydrogens (tertiary/aromatic N) is 3. The molecule has 1 aromatic carbocycles. The molecule has 27 heavy (non-hydrogen) atoms. The molecule has 0 aliphatic heterocycles. The van der Waals surface area contributed by atoms with Crippen molar-refractivity contribution in [1.29, 1.82) is 0 Å². The van der Waals surface area contributed by atoms with Crippen LogP contribution in [0, 0.1) is 0 Å². The second-order valence-corrected chi connectivity index (χ2v) is 6.81. The van der Waals surface area contributed by atoms with E-state index < -0.39 is 0 Å². The summed E-state index contributed by atoms with van der Waals surface area (Å²) < 4.78 is 0. The molecule has 0 spiro atoms. The number of H-pyrrole nitrogens is 1. The first kappa shape index (κ1) is 19.5. The molecule has 6 heteroatoms. The van der Waals surface area contributed by atoms with Crippen LogP contribution in [0.4, 0.5) is 0 Å². The number of pyridine rings is 1. The maximum absolute atomic E-state index is 6.48. The minimum atomic E-state index is 0.224. The lowest BCUT2D eigenvalue weighted by Gasteiger charge is -2.31. The zero-order valence-electron chi connectivity index (χ0n) is 15.8. The summed E-state index contributed by atoms with van der Waals surface area (Å²) in [6, 6.07) is 12.3. The minimum absolute atomic E-state index is 0.224. The highest BCUT2D eigenvalue weighted by Crippen LogP contribution is 2.27. The molecular weight excluding hydrogens is 358 g/mol. The van der Waals surface area contributed by atoms with E-state index in [0.29, 0.717) is 0 Å². The number of halogens is 1. The highest BCUT2D eigenvalue weighted by Gasteiger charge is 2.20. The molecule has 3 rings (SSSR count). The highest BCUT2D eigenvalue weighted by molar-refractivity contribution is 6.31. The van der Waals surface area contributed by atoms with E-state index in [2.05, 4.69) is 45.3 Å². The number of aromatic nitrogens is 3. The summed E-state index contributed by atoms with van der Waals surface area (Å²) in [6.07, 6.45) is 5.49. The lowest BCUT2D eigenvalue weighted by Crippen LogP contribution is -2.35. The van der Waals surface area contributed by atoms with Crippen LogP contribution in [-0.4, -0.2) is 39.7 Å². The molecule has 2 aromatic heterocycles. The van der Waals surface area contributed by atoms with E-state index in [4.69, 9.17) is 11.6 Å². The molecule has 0 aliphatic carbocycles. The zero-order chi connectivity index (χ0) is 19.1. The van der Waals surface area contributed by atoms with Gasteiger partial charge in [-0.2, -0.15) is 5.10 Å². The van der Waals surface area contributed by atoms with Crippen molar-refractivity contribution in [2.24, 2.45) is 0 Å². The number of benzene rings is 1. The molecule has 0 aliphatic rings. The van der Waals surface area contributed by atoms with Gasteiger partial charge in [-0.25, -0.2) is 0 Å². The Bertz CT molecular complexity index is 829. The van der Waals surface area contributed by atoms with Crippen molar-refractivity contribution < 1.29 is 0 Å². The molecule has 2 heterocycles. The Morgan fingerprint density at radius 1 is 1.11 bits per heavy atom. The summed E-state index contributed by atoms with van der Waals surface area (Å²) >= 11 is 6.48. The number of aromatic amines is 1. The first-order valence-corrected chi connectivity index (χ1v) is 9.74. The SMILES string of the molecule is CCN(CC)C(CNCc1cn[nH]c1-c1cccnc1)c1ccccc1Cl. The van der Waals surface area contributed by atoms with Crippen LogP contribution in [0.25, 0.3) is 11.3 Å². The summed E-state index contributed by atoms with van der Waals surface area (Å²) in [4.78, 5) is 6.62. The van der Waals surface area contributed by atoms with Gasteiger partial charge in [0, 0.05) is 47.7 Å². The first-order valence-electron chi connectivity index (χ1n) is 9.36. The number of likely N-dealkylation sites (N-methyl/N-ethyl adjacent to an activating group) is 1. The van der Waals surface area contributed by atoms with E-state index in [1.54, 1.807) is 6.20 Å². The second kappa shape index (κ2) is 9.65. The number of hydrogen-bond donors (Lipinski definition) is 2. The average Bonchev–Trinajstić information content (AvgIpc) is 3.17. The monoisotopic (exact) mass is 383 g/mol. The van der Waals surface area contributed by atoms with Crippen molar-refractivity contribution >= 4 is 11.6 Å². The zero-order valence-corrected chi connectivity index (χ0v) is 16.6. The van der Waals surface area contributed by atoms with Crippen LogP contribution in [0.1, 0.15) is 31.0 Å². The maximum atomic E-state index is 6.48. The van der Waals surface area contributed by atoms with Crippen LogP contribution >= 0.6 is 11.6 Å². The molecule has 0 radical (unpaired) electrons. The summed E-state index contributed by atoms with van der Waals surface area (Å²) in [7, 11) is 0. The van der Waals surface area contributed by atoms with Gasteiger partial charge < -0.3 is 5.32 Å². The van der Waals surface area contributed by atoms with Gasteiger partial charge in [0.25, 0.3) is 0 Å². The van der Waals surface area contributed by atoms with Crippen molar-refractivity contribution in [3.8, 4) is 11.3 Å². The fourth-order valence-electron chi connectivity index (χ4n) is 3.39. The number of nitrogens with one attached hydrogen (secondary N) is 2.